The van der Waals surface area contributed by atoms with Gasteiger partial charge in [-0.1, -0.05) is 13.8 Å². The van der Waals surface area contributed by atoms with Gasteiger partial charge in [-0.3, -0.25) is 0 Å². The summed E-state index contributed by atoms with van der Waals surface area (Å²) in [4.78, 5) is 18.9. The highest BCUT2D eigenvalue weighted by Gasteiger charge is 2.22. The van der Waals surface area contributed by atoms with Crippen LogP contribution in [0.5, 0.6) is 5.75 Å². The molecule has 0 radical (unpaired) electrons. The topological polar surface area (TPSA) is 104 Å². The van der Waals surface area contributed by atoms with Crippen molar-refractivity contribution in [3.8, 4) is 17.0 Å². The molecule has 0 spiro atoms. The Labute approximate surface area is 193 Å². The molecule has 5 rings (SSSR count). The van der Waals surface area contributed by atoms with E-state index in [9.17, 15) is 10.2 Å². The van der Waals surface area contributed by atoms with E-state index in [1.807, 2.05) is 26.0 Å². The molecule has 2 N–H and O–H groups in total. The lowest BCUT2D eigenvalue weighted by atomic mass is 10.1. The minimum atomic E-state index is -0.238. The Bertz CT molecular complexity index is 1080. The number of phenols is 1. The molecule has 2 saturated heterocycles. The van der Waals surface area contributed by atoms with E-state index in [-0.39, 0.29) is 12.4 Å². The molecule has 2 fully saturated rings. The minimum Gasteiger partial charge on any atom is -0.508 e. The number of ether oxygens (including phenoxy) is 2. The third-order valence-electron chi connectivity index (χ3n) is 5.68. The van der Waals surface area contributed by atoms with Gasteiger partial charge in [0.1, 0.15) is 11.6 Å². The predicted molar refractivity (Wildman–Crippen MR) is 128 cm³/mol. The summed E-state index contributed by atoms with van der Waals surface area (Å²) in [5.74, 6) is 1.60. The fourth-order valence-electron chi connectivity index (χ4n) is 3.94. The van der Waals surface area contributed by atoms with Gasteiger partial charge in [-0.15, -0.1) is 0 Å². The number of benzene rings is 1. The quantitative estimate of drug-likeness (QED) is 0.617. The summed E-state index contributed by atoms with van der Waals surface area (Å²) in [6.45, 7) is 9.43. The SMILES string of the molecule is CC.OCc1cc(-c2ccc3c(N4CCOCC4)nc(N4CCOCC4)nc3n2)ccc1O. The molecule has 2 aliphatic rings. The van der Waals surface area contributed by atoms with Gasteiger partial charge < -0.3 is 29.5 Å². The monoisotopic (exact) mass is 453 g/mol. The van der Waals surface area contributed by atoms with Crippen molar-refractivity contribution in [1.82, 2.24) is 15.0 Å². The van der Waals surface area contributed by atoms with Gasteiger partial charge in [0.05, 0.1) is 44.1 Å². The van der Waals surface area contributed by atoms with E-state index < -0.39 is 0 Å². The van der Waals surface area contributed by atoms with Crippen molar-refractivity contribution in [2.24, 2.45) is 0 Å². The molecular formula is C24H31N5O4. The van der Waals surface area contributed by atoms with Crippen LogP contribution < -0.4 is 9.80 Å². The van der Waals surface area contributed by atoms with Crippen molar-refractivity contribution < 1.29 is 19.7 Å². The Balaban J connectivity index is 0.00000126. The van der Waals surface area contributed by atoms with Crippen molar-refractivity contribution in [2.45, 2.75) is 20.5 Å². The highest BCUT2D eigenvalue weighted by Crippen LogP contribution is 2.30. The summed E-state index contributed by atoms with van der Waals surface area (Å²) < 4.78 is 11.0. The van der Waals surface area contributed by atoms with E-state index in [1.165, 1.54) is 0 Å². The van der Waals surface area contributed by atoms with E-state index in [0.717, 1.165) is 48.6 Å². The summed E-state index contributed by atoms with van der Waals surface area (Å²) in [5.41, 5.74) is 2.61. The van der Waals surface area contributed by atoms with Gasteiger partial charge in [0.2, 0.25) is 5.95 Å². The molecule has 9 nitrogen and oxygen atoms in total. The number of fused-ring (bicyclic) bond motifs is 1. The van der Waals surface area contributed by atoms with E-state index >= 15 is 0 Å². The molecule has 1 aromatic carbocycles. The lowest BCUT2D eigenvalue weighted by Crippen LogP contribution is -2.39. The minimum absolute atomic E-state index is 0.0681. The van der Waals surface area contributed by atoms with Crippen LogP contribution in [0.25, 0.3) is 22.3 Å². The molecule has 2 aromatic heterocycles. The van der Waals surface area contributed by atoms with Crippen molar-refractivity contribution in [1.29, 1.82) is 0 Å². The van der Waals surface area contributed by atoms with Gasteiger partial charge >= 0.3 is 0 Å². The third kappa shape index (κ3) is 5.00. The fourth-order valence-corrected chi connectivity index (χ4v) is 3.94. The van der Waals surface area contributed by atoms with Crippen LogP contribution in [-0.2, 0) is 16.1 Å². The van der Waals surface area contributed by atoms with Crippen LogP contribution in [0.4, 0.5) is 11.8 Å². The zero-order valence-corrected chi connectivity index (χ0v) is 19.2. The lowest BCUT2D eigenvalue weighted by molar-refractivity contribution is 0.121. The van der Waals surface area contributed by atoms with Gasteiger partial charge in [0, 0.05) is 37.3 Å². The highest BCUT2D eigenvalue weighted by atomic mass is 16.5. The van der Waals surface area contributed by atoms with Crippen LogP contribution in [0.3, 0.4) is 0 Å². The summed E-state index contributed by atoms with van der Waals surface area (Å²) in [6.07, 6.45) is 0. The second kappa shape index (κ2) is 10.7. The summed E-state index contributed by atoms with van der Waals surface area (Å²) in [5, 5.41) is 20.3. The van der Waals surface area contributed by atoms with Crippen LogP contribution in [0.1, 0.15) is 19.4 Å². The van der Waals surface area contributed by atoms with Crippen molar-refractivity contribution in [3.63, 3.8) is 0 Å². The average Bonchev–Trinajstić information content (AvgIpc) is 2.90. The Kier molecular flexibility index (Phi) is 7.54. The molecule has 2 aliphatic heterocycles. The van der Waals surface area contributed by atoms with E-state index in [2.05, 4.69) is 9.80 Å². The van der Waals surface area contributed by atoms with Gasteiger partial charge in [-0.05, 0) is 30.3 Å². The summed E-state index contributed by atoms with van der Waals surface area (Å²) in [6, 6.07) is 9.03. The zero-order chi connectivity index (χ0) is 23.2. The largest absolute Gasteiger partial charge is 0.508 e. The second-order valence-electron chi connectivity index (χ2n) is 7.62. The fraction of sp³-hybridized carbons (Fsp3) is 0.458. The van der Waals surface area contributed by atoms with Crippen molar-refractivity contribution >= 4 is 22.8 Å². The molecule has 0 amide bonds. The maximum atomic E-state index is 9.88. The molecule has 33 heavy (non-hydrogen) atoms. The molecule has 0 bridgehead atoms. The molecule has 3 aromatic rings. The number of aliphatic hydroxyl groups is 1. The number of nitrogens with zero attached hydrogens (tertiary/aromatic N) is 5. The maximum Gasteiger partial charge on any atom is 0.229 e. The van der Waals surface area contributed by atoms with Crippen LogP contribution in [0.2, 0.25) is 0 Å². The highest BCUT2D eigenvalue weighted by molar-refractivity contribution is 5.90. The number of aromatic nitrogens is 3. The Morgan fingerprint density at radius 2 is 1.52 bits per heavy atom. The summed E-state index contributed by atoms with van der Waals surface area (Å²) in [7, 11) is 0. The average molecular weight is 454 g/mol. The lowest BCUT2D eigenvalue weighted by Gasteiger charge is -2.31. The molecule has 0 atom stereocenters. The standard InChI is InChI=1S/C22H25N5O4.C2H6/c28-14-16-13-15(1-4-19(16)29)18-3-2-17-20(23-18)24-22(27-7-11-31-12-8-27)25-21(17)26-5-9-30-10-6-26;1-2/h1-4,13,28-29H,5-12,14H2;1-2H3. The number of hydrogen-bond donors (Lipinski definition) is 2. The molecule has 0 aliphatic carbocycles. The number of anilines is 2. The summed E-state index contributed by atoms with van der Waals surface area (Å²) >= 11 is 0. The molecule has 176 valence electrons. The van der Waals surface area contributed by atoms with Crippen LogP contribution in [-0.4, -0.2) is 77.8 Å². The van der Waals surface area contributed by atoms with Crippen LogP contribution in [0, 0.1) is 0 Å². The predicted octanol–water partition coefficient (Wildman–Crippen LogP) is 2.59. The molecular weight excluding hydrogens is 422 g/mol. The second-order valence-corrected chi connectivity index (χ2v) is 7.62. The first-order valence-electron chi connectivity index (χ1n) is 11.5. The van der Waals surface area contributed by atoms with Gasteiger partial charge in [-0.2, -0.15) is 9.97 Å². The molecule has 0 saturated carbocycles. The number of aromatic hydroxyl groups is 1. The van der Waals surface area contributed by atoms with Crippen molar-refractivity contribution in [2.75, 3.05) is 62.4 Å². The van der Waals surface area contributed by atoms with E-state index in [0.29, 0.717) is 43.6 Å². The van der Waals surface area contributed by atoms with E-state index in [4.69, 9.17) is 24.4 Å². The third-order valence-corrected chi connectivity index (χ3v) is 5.68. The normalized spacial score (nSPS) is 16.5. The van der Waals surface area contributed by atoms with Gasteiger partial charge in [0.25, 0.3) is 0 Å². The Morgan fingerprint density at radius 3 is 2.18 bits per heavy atom. The van der Waals surface area contributed by atoms with E-state index in [1.54, 1.807) is 18.2 Å². The first-order chi connectivity index (χ1) is 16.2. The molecule has 4 heterocycles. The molecule has 0 unspecified atom stereocenters. The number of pyridine rings is 1. The van der Waals surface area contributed by atoms with Crippen LogP contribution >= 0.6 is 0 Å². The number of aliphatic hydroxyl groups excluding tert-OH is 1. The Hall–Kier alpha value is -3.01. The first-order valence-corrected chi connectivity index (χ1v) is 11.5. The molecule has 9 heteroatoms. The smallest absolute Gasteiger partial charge is 0.229 e. The van der Waals surface area contributed by atoms with Gasteiger partial charge in [-0.25, -0.2) is 4.98 Å². The number of morpholine rings is 2. The zero-order valence-electron chi connectivity index (χ0n) is 19.2. The van der Waals surface area contributed by atoms with Crippen molar-refractivity contribution in [3.05, 3.63) is 35.9 Å². The van der Waals surface area contributed by atoms with Gasteiger partial charge in [0.15, 0.2) is 5.65 Å². The first kappa shape index (κ1) is 23.2. The maximum absolute atomic E-state index is 9.88. The Morgan fingerprint density at radius 1 is 0.848 bits per heavy atom. The van der Waals surface area contributed by atoms with Crippen LogP contribution in [0.15, 0.2) is 30.3 Å². The number of hydrogen-bond acceptors (Lipinski definition) is 9. The number of rotatable bonds is 4.